The lowest BCUT2D eigenvalue weighted by Gasteiger charge is -2.02. The highest BCUT2D eigenvalue weighted by atomic mass is 16.3. The molecule has 3 heterocycles. The lowest BCUT2D eigenvalue weighted by molar-refractivity contribution is 0.0964. The van der Waals surface area contributed by atoms with Crippen molar-refractivity contribution in [1.29, 1.82) is 0 Å². The van der Waals surface area contributed by atoms with Gasteiger partial charge < -0.3 is 9.73 Å². The van der Waals surface area contributed by atoms with Gasteiger partial charge in [0.2, 0.25) is 0 Å². The fraction of sp³-hybridized carbons (Fsp3) is 0.182. The van der Waals surface area contributed by atoms with E-state index < -0.39 is 5.56 Å². The van der Waals surface area contributed by atoms with E-state index in [0.29, 0.717) is 24.2 Å². The summed E-state index contributed by atoms with van der Waals surface area (Å²) in [6.45, 7) is 0.348. The van der Waals surface area contributed by atoms with Crippen molar-refractivity contribution in [2.45, 2.75) is 13.0 Å². The van der Waals surface area contributed by atoms with E-state index in [1.54, 1.807) is 12.3 Å². The average molecular weight is 231 g/mol. The van der Waals surface area contributed by atoms with Crippen LogP contribution in [0, 0.1) is 0 Å². The van der Waals surface area contributed by atoms with Gasteiger partial charge in [-0.25, -0.2) is 5.10 Å². The molecule has 2 N–H and O–H groups in total. The van der Waals surface area contributed by atoms with Gasteiger partial charge in [0.15, 0.2) is 0 Å². The standard InChI is InChI=1S/C11H9N3O3/c15-10-9-7(5-12-10)8(13-14-11(9)16)4-6-2-1-3-17-6/h1-3H,4-5H2,(H,12,15)(H,14,16). The third-order valence-electron chi connectivity index (χ3n) is 2.74. The van der Waals surface area contributed by atoms with Gasteiger partial charge in [-0.1, -0.05) is 0 Å². The fourth-order valence-corrected chi connectivity index (χ4v) is 1.94. The van der Waals surface area contributed by atoms with E-state index in [4.69, 9.17) is 4.42 Å². The molecule has 2 aromatic heterocycles. The minimum Gasteiger partial charge on any atom is -0.469 e. The van der Waals surface area contributed by atoms with E-state index in [1.807, 2.05) is 6.07 Å². The van der Waals surface area contributed by atoms with Gasteiger partial charge in [-0.15, -0.1) is 0 Å². The van der Waals surface area contributed by atoms with Crippen molar-refractivity contribution >= 4 is 5.91 Å². The number of carbonyl (C=O) groups excluding carboxylic acids is 1. The van der Waals surface area contributed by atoms with Gasteiger partial charge in [0.05, 0.1) is 18.4 Å². The summed E-state index contributed by atoms with van der Waals surface area (Å²) in [5.74, 6) is 0.399. The van der Waals surface area contributed by atoms with Crippen LogP contribution in [0.15, 0.2) is 27.6 Å². The number of H-pyrrole nitrogens is 1. The quantitative estimate of drug-likeness (QED) is 0.772. The van der Waals surface area contributed by atoms with E-state index in [1.165, 1.54) is 0 Å². The third-order valence-corrected chi connectivity index (χ3v) is 2.74. The Balaban J connectivity index is 2.08. The Morgan fingerprint density at radius 1 is 1.41 bits per heavy atom. The number of carbonyl (C=O) groups is 1. The van der Waals surface area contributed by atoms with Gasteiger partial charge in [-0.2, -0.15) is 5.10 Å². The number of fused-ring (bicyclic) bond motifs is 1. The number of amides is 1. The van der Waals surface area contributed by atoms with E-state index in [0.717, 1.165) is 5.76 Å². The van der Waals surface area contributed by atoms with Crippen LogP contribution in [0.2, 0.25) is 0 Å². The molecule has 17 heavy (non-hydrogen) atoms. The molecule has 6 heteroatoms. The van der Waals surface area contributed by atoms with Crippen LogP contribution in [-0.2, 0) is 13.0 Å². The fourth-order valence-electron chi connectivity index (χ4n) is 1.94. The normalized spacial score (nSPS) is 13.5. The molecule has 6 nitrogen and oxygen atoms in total. The highest BCUT2D eigenvalue weighted by Gasteiger charge is 2.26. The van der Waals surface area contributed by atoms with Crippen LogP contribution in [0.3, 0.4) is 0 Å². The Morgan fingerprint density at radius 3 is 3.06 bits per heavy atom. The summed E-state index contributed by atoms with van der Waals surface area (Å²) in [5, 5.41) is 8.92. The number of nitrogens with one attached hydrogen (secondary N) is 2. The zero-order valence-electron chi connectivity index (χ0n) is 8.82. The molecule has 0 fully saturated rings. The maximum Gasteiger partial charge on any atom is 0.277 e. The number of hydrogen-bond acceptors (Lipinski definition) is 4. The molecule has 0 saturated carbocycles. The highest BCUT2D eigenvalue weighted by molar-refractivity contribution is 5.98. The van der Waals surface area contributed by atoms with Crippen LogP contribution < -0.4 is 10.9 Å². The van der Waals surface area contributed by atoms with Gasteiger partial charge in [0.25, 0.3) is 11.5 Å². The summed E-state index contributed by atoms with van der Waals surface area (Å²) in [7, 11) is 0. The summed E-state index contributed by atoms with van der Waals surface area (Å²) >= 11 is 0. The van der Waals surface area contributed by atoms with Crippen molar-refractivity contribution in [1.82, 2.24) is 15.5 Å². The summed E-state index contributed by atoms with van der Waals surface area (Å²) < 4.78 is 5.22. The molecule has 1 amide bonds. The second-order valence-corrected chi connectivity index (χ2v) is 3.79. The Hall–Kier alpha value is -2.37. The molecule has 0 bridgehead atoms. The van der Waals surface area contributed by atoms with E-state index >= 15 is 0 Å². The molecule has 0 atom stereocenters. The molecular formula is C11H9N3O3. The minimum atomic E-state index is -0.446. The number of aromatic nitrogens is 2. The lowest BCUT2D eigenvalue weighted by atomic mass is 10.1. The molecule has 3 rings (SSSR count). The first-order valence-electron chi connectivity index (χ1n) is 5.16. The van der Waals surface area contributed by atoms with Crippen molar-refractivity contribution in [3.8, 4) is 0 Å². The maximum absolute atomic E-state index is 11.5. The Kier molecular flexibility index (Phi) is 2.07. The Morgan fingerprint density at radius 2 is 2.29 bits per heavy atom. The zero-order chi connectivity index (χ0) is 11.8. The van der Waals surface area contributed by atoms with Crippen molar-refractivity contribution in [2.24, 2.45) is 0 Å². The van der Waals surface area contributed by atoms with E-state index in [2.05, 4.69) is 15.5 Å². The molecule has 0 spiro atoms. The van der Waals surface area contributed by atoms with Crippen LogP contribution in [0.5, 0.6) is 0 Å². The number of rotatable bonds is 2. The van der Waals surface area contributed by atoms with E-state index in [-0.39, 0.29) is 11.5 Å². The highest BCUT2D eigenvalue weighted by Crippen LogP contribution is 2.17. The number of nitrogens with zero attached hydrogens (tertiary/aromatic N) is 1. The second kappa shape index (κ2) is 3.58. The SMILES string of the molecule is O=C1NCc2c(Cc3ccco3)n[nH]c(=O)c21. The van der Waals surface area contributed by atoms with Gasteiger partial charge >= 0.3 is 0 Å². The lowest BCUT2D eigenvalue weighted by Crippen LogP contribution is -2.22. The van der Waals surface area contributed by atoms with Gasteiger partial charge in [-0.3, -0.25) is 9.59 Å². The summed E-state index contributed by atoms with van der Waals surface area (Å²) in [6, 6.07) is 3.61. The second-order valence-electron chi connectivity index (χ2n) is 3.79. The van der Waals surface area contributed by atoms with Gasteiger partial charge in [0, 0.05) is 12.1 Å². The van der Waals surface area contributed by atoms with E-state index in [9.17, 15) is 9.59 Å². The first kappa shape index (κ1) is 9.83. The minimum absolute atomic E-state index is 0.168. The average Bonchev–Trinajstić information content (AvgIpc) is 2.93. The molecule has 1 aliphatic rings. The monoisotopic (exact) mass is 231 g/mol. The summed E-state index contributed by atoms with van der Waals surface area (Å²) in [5.41, 5.74) is 1.04. The number of furan rings is 1. The first-order chi connectivity index (χ1) is 8.25. The number of aromatic amines is 1. The Bertz CT molecular complexity index is 628. The molecule has 1 aliphatic heterocycles. The van der Waals surface area contributed by atoms with Crippen LogP contribution in [0.1, 0.15) is 27.4 Å². The predicted octanol–water partition coefficient (Wildman–Crippen LogP) is 0.197. The molecule has 0 aliphatic carbocycles. The van der Waals surface area contributed by atoms with Crippen LogP contribution in [0.4, 0.5) is 0 Å². The molecule has 86 valence electrons. The summed E-state index contributed by atoms with van der Waals surface area (Å²) in [4.78, 5) is 22.9. The largest absolute Gasteiger partial charge is 0.469 e. The first-order valence-corrected chi connectivity index (χ1v) is 5.16. The smallest absolute Gasteiger partial charge is 0.277 e. The molecular weight excluding hydrogens is 222 g/mol. The zero-order valence-corrected chi connectivity index (χ0v) is 8.82. The summed E-state index contributed by atoms with van der Waals surface area (Å²) in [6.07, 6.45) is 2.03. The molecule has 0 saturated heterocycles. The molecule has 2 aromatic rings. The van der Waals surface area contributed by atoms with Gasteiger partial charge in [0.1, 0.15) is 11.3 Å². The van der Waals surface area contributed by atoms with Crippen molar-refractivity contribution in [3.05, 3.63) is 51.3 Å². The van der Waals surface area contributed by atoms with Gasteiger partial charge in [-0.05, 0) is 12.1 Å². The molecule has 0 aromatic carbocycles. The molecule has 0 radical (unpaired) electrons. The number of hydrogen-bond donors (Lipinski definition) is 2. The van der Waals surface area contributed by atoms with Crippen molar-refractivity contribution < 1.29 is 9.21 Å². The van der Waals surface area contributed by atoms with Crippen LogP contribution >= 0.6 is 0 Å². The van der Waals surface area contributed by atoms with Crippen molar-refractivity contribution in [2.75, 3.05) is 0 Å². The van der Waals surface area contributed by atoms with Crippen molar-refractivity contribution in [3.63, 3.8) is 0 Å². The topological polar surface area (TPSA) is 88.0 Å². The molecule has 0 unspecified atom stereocenters. The van der Waals surface area contributed by atoms with Crippen LogP contribution in [0.25, 0.3) is 0 Å². The Labute approximate surface area is 95.7 Å². The van der Waals surface area contributed by atoms with Crippen LogP contribution in [-0.4, -0.2) is 16.1 Å². The predicted molar refractivity (Wildman–Crippen MR) is 57.5 cm³/mol. The third kappa shape index (κ3) is 1.54. The maximum atomic E-state index is 11.5.